The molecule has 6 heteroatoms. The molecule has 0 heterocycles. The first-order valence-electron chi connectivity index (χ1n) is 7.66. The molecule has 2 atom stereocenters. The number of alkyl halides is 3. The predicted octanol–water partition coefficient (Wildman–Crippen LogP) is 4.62. The lowest BCUT2D eigenvalue weighted by atomic mass is 10.0. The summed E-state index contributed by atoms with van der Waals surface area (Å²) < 4.78 is 51.4. The van der Waals surface area contributed by atoms with E-state index in [1.54, 1.807) is 18.2 Å². The van der Waals surface area contributed by atoms with E-state index in [0.717, 1.165) is 12.1 Å². The highest BCUT2D eigenvalue weighted by Crippen LogP contribution is 2.30. The number of hydrogen-bond donors (Lipinski definition) is 2. The second-order valence-electron chi connectivity index (χ2n) is 5.53. The van der Waals surface area contributed by atoms with Gasteiger partial charge in [0.05, 0.1) is 11.7 Å². The summed E-state index contributed by atoms with van der Waals surface area (Å²) in [6, 6.07) is 10.5. The van der Waals surface area contributed by atoms with E-state index in [2.05, 4.69) is 5.32 Å². The van der Waals surface area contributed by atoms with Gasteiger partial charge in [0.2, 0.25) is 0 Å². The fraction of sp³-hybridized carbons (Fsp3) is 0.333. The van der Waals surface area contributed by atoms with E-state index in [0.29, 0.717) is 17.5 Å². The van der Waals surface area contributed by atoms with Crippen molar-refractivity contribution in [2.45, 2.75) is 31.7 Å². The van der Waals surface area contributed by atoms with Crippen molar-refractivity contribution >= 4 is 0 Å². The smallest absolute Gasteiger partial charge is 0.387 e. The standard InChI is InChI=1S/C18H19F4NO/c1-2-16(14-5-3-4-6-15(14)19)23-11-17(24)12-7-9-13(10-8-12)18(20,21)22/h3-10,16-17,23-24H,2,11H2,1H3/t16-,17-/m1/s1. The lowest BCUT2D eigenvalue weighted by Crippen LogP contribution is -2.26. The van der Waals surface area contributed by atoms with Crippen LogP contribution in [0.3, 0.4) is 0 Å². The number of halogens is 4. The molecular weight excluding hydrogens is 322 g/mol. The van der Waals surface area contributed by atoms with Crippen molar-refractivity contribution in [3.05, 3.63) is 71.0 Å². The van der Waals surface area contributed by atoms with E-state index >= 15 is 0 Å². The largest absolute Gasteiger partial charge is 0.416 e. The molecule has 2 rings (SSSR count). The van der Waals surface area contributed by atoms with Gasteiger partial charge in [-0.3, -0.25) is 0 Å². The molecule has 0 spiro atoms. The second-order valence-corrected chi connectivity index (χ2v) is 5.53. The number of aliphatic hydroxyl groups is 1. The molecule has 0 bridgehead atoms. The van der Waals surface area contributed by atoms with Crippen molar-refractivity contribution < 1.29 is 22.7 Å². The van der Waals surface area contributed by atoms with Crippen LogP contribution in [-0.4, -0.2) is 11.7 Å². The summed E-state index contributed by atoms with van der Waals surface area (Å²) in [5, 5.41) is 13.2. The average molecular weight is 341 g/mol. The van der Waals surface area contributed by atoms with Gasteiger partial charge in [-0.15, -0.1) is 0 Å². The summed E-state index contributed by atoms with van der Waals surface area (Å²) in [4.78, 5) is 0. The highest BCUT2D eigenvalue weighted by atomic mass is 19.4. The van der Waals surface area contributed by atoms with Crippen molar-refractivity contribution in [1.29, 1.82) is 0 Å². The number of nitrogens with one attached hydrogen (secondary N) is 1. The lowest BCUT2D eigenvalue weighted by molar-refractivity contribution is -0.137. The van der Waals surface area contributed by atoms with Crippen LogP contribution in [0, 0.1) is 5.82 Å². The van der Waals surface area contributed by atoms with Gasteiger partial charge in [0.15, 0.2) is 0 Å². The van der Waals surface area contributed by atoms with E-state index in [9.17, 15) is 22.7 Å². The summed E-state index contributed by atoms with van der Waals surface area (Å²) in [5.74, 6) is -0.333. The first-order valence-corrected chi connectivity index (χ1v) is 7.66. The van der Waals surface area contributed by atoms with Crippen LogP contribution in [-0.2, 0) is 6.18 Å². The third kappa shape index (κ3) is 4.55. The van der Waals surface area contributed by atoms with E-state index in [4.69, 9.17) is 0 Å². The molecule has 0 radical (unpaired) electrons. The molecule has 0 saturated carbocycles. The minimum atomic E-state index is -4.40. The quantitative estimate of drug-likeness (QED) is 0.752. The van der Waals surface area contributed by atoms with E-state index in [1.165, 1.54) is 18.2 Å². The van der Waals surface area contributed by atoms with Gasteiger partial charge in [0.1, 0.15) is 5.82 Å². The Morgan fingerprint density at radius 1 is 1.04 bits per heavy atom. The van der Waals surface area contributed by atoms with Gasteiger partial charge >= 0.3 is 6.18 Å². The molecular formula is C18H19F4NO. The fourth-order valence-electron chi connectivity index (χ4n) is 2.50. The molecule has 0 aliphatic rings. The third-order valence-corrected chi connectivity index (χ3v) is 3.87. The van der Waals surface area contributed by atoms with Gasteiger partial charge in [0, 0.05) is 18.2 Å². The van der Waals surface area contributed by atoms with Crippen LogP contribution in [0.5, 0.6) is 0 Å². The first-order chi connectivity index (χ1) is 11.3. The molecule has 0 amide bonds. The molecule has 0 saturated heterocycles. The Labute approximate surface area is 138 Å². The van der Waals surface area contributed by atoms with Gasteiger partial charge in [0.25, 0.3) is 0 Å². The minimum absolute atomic E-state index is 0.109. The van der Waals surface area contributed by atoms with E-state index < -0.39 is 17.8 Å². The van der Waals surface area contributed by atoms with Crippen molar-refractivity contribution in [3.63, 3.8) is 0 Å². The van der Waals surface area contributed by atoms with Gasteiger partial charge in [-0.2, -0.15) is 13.2 Å². The number of hydrogen-bond acceptors (Lipinski definition) is 2. The van der Waals surface area contributed by atoms with E-state index in [-0.39, 0.29) is 18.4 Å². The molecule has 2 aromatic rings. The highest BCUT2D eigenvalue weighted by Gasteiger charge is 2.30. The molecule has 0 fully saturated rings. The number of benzene rings is 2. The Morgan fingerprint density at radius 3 is 2.21 bits per heavy atom. The van der Waals surface area contributed by atoms with Crippen LogP contribution >= 0.6 is 0 Å². The zero-order valence-electron chi connectivity index (χ0n) is 13.1. The number of rotatable bonds is 6. The molecule has 0 aliphatic heterocycles. The van der Waals surface area contributed by atoms with Crippen LogP contribution in [0.25, 0.3) is 0 Å². The lowest BCUT2D eigenvalue weighted by Gasteiger charge is -2.21. The van der Waals surface area contributed by atoms with Crippen molar-refractivity contribution in [3.8, 4) is 0 Å². The zero-order valence-corrected chi connectivity index (χ0v) is 13.1. The minimum Gasteiger partial charge on any atom is -0.387 e. The van der Waals surface area contributed by atoms with Crippen LogP contribution in [0.4, 0.5) is 17.6 Å². The summed E-state index contributed by atoms with van der Waals surface area (Å²) in [7, 11) is 0. The monoisotopic (exact) mass is 341 g/mol. The first kappa shape index (κ1) is 18.4. The third-order valence-electron chi connectivity index (χ3n) is 3.87. The highest BCUT2D eigenvalue weighted by molar-refractivity contribution is 5.26. The van der Waals surface area contributed by atoms with E-state index in [1.807, 2.05) is 6.92 Å². The van der Waals surface area contributed by atoms with Crippen LogP contribution < -0.4 is 5.32 Å². The average Bonchev–Trinajstić information content (AvgIpc) is 2.56. The van der Waals surface area contributed by atoms with Crippen molar-refractivity contribution in [2.75, 3.05) is 6.54 Å². The van der Waals surface area contributed by atoms with Crippen molar-refractivity contribution in [1.82, 2.24) is 5.32 Å². The molecule has 0 aromatic heterocycles. The molecule has 0 aliphatic carbocycles. The number of aliphatic hydroxyl groups excluding tert-OH is 1. The molecule has 2 N–H and O–H groups in total. The maximum Gasteiger partial charge on any atom is 0.416 e. The normalized spacial score (nSPS) is 14.4. The van der Waals surface area contributed by atoms with Gasteiger partial charge in [-0.05, 0) is 30.2 Å². The topological polar surface area (TPSA) is 32.3 Å². The SMILES string of the molecule is CC[C@@H](NC[C@@H](O)c1ccc(C(F)(F)F)cc1)c1ccccc1F. The fourth-order valence-corrected chi connectivity index (χ4v) is 2.50. The molecule has 2 nitrogen and oxygen atoms in total. The molecule has 2 aromatic carbocycles. The zero-order chi connectivity index (χ0) is 17.7. The maximum absolute atomic E-state index is 13.8. The maximum atomic E-state index is 13.8. The Kier molecular flexibility index (Phi) is 5.96. The molecule has 24 heavy (non-hydrogen) atoms. The van der Waals surface area contributed by atoms with Gasteiger partial charge < -0.3 is 10.4 Å². The Balaban J connectivity index is 2.01. The second kappa shape index (κ2) is 7.77. The van der Waals surface area contributed by atoms with Crippen LogP contribution in [0.15, 0.2) is 48.5 Å². The van der Waals surface area contributed by atoms with Gasteiger partial charge in [-0.25, -0.2) is 4.39 Å². The Bertz CT molecular complexity index is 655. The molecule has 130 valence electrons. The summed E-state index contributed by atoms with van der Waals surface area (Å²) in [6.07, 6.45) is -4.77. The van der Waals surface area contributed by atoms with Crippen LogP contribution in [0.2, 0.25) is 0 Å². The van der Waals surface area contributed by atoms with Gasteiger partial charge in [-0.1, -0.05) is 37.3 Å². The summed E-state index contributed by atoms with van der Waals surface area (Å²) >= 11 is 0. The predicted molar refractivity (Wildman–Crippen MR) is 83.8 cm³/mol. The Hall–Kier alpha value is -1.92. The van der Waals surface area contributed by atoms with Crippen LogP contribution in [0.1, 0.15) is 42.2 Å². The summed E-state index contributed by atoms with van der Waals surface area (Å²) in [5.41, 5.74) is 0.114. The molecule has 0 unspecified atom stereocenters. The summed E-state index contributed by atoms with van der Waals surface area (Å²) in [6.45, 7) is 1.99. The van der Waals surface area contributed by atoms with Crippen molar-refractivity contribution in [2.24, 2.45) is 0 Å². The Morgan fingerprint density at radius 2 is 1.67 bits per heavy atom.